The van der Waals surface area contributed by atoms with Gasteiger partial charge in [-0.3, -0.25) is 0 Å². The molecule has 0 spiro atoms. The molecule has 0 aromatic heterocycles. The second-order valence-electron chi connectivity index (χ2n) is 24.5. The van der Waals surface area contributed by atoms with Gasteiger partial charge in [-0.05, 0) is 180 Å². The fourth-order valence-electron chi connectivity index (χ4n) is 13.8. The second-order valence-corrected chi connectivity index (χ2v) is 38.5. The summed E-state index contributed by atoms with van der Waals surface area (Å²) in [6.07, 6.45) is 0. The molecule has 16 rings (SSSR count). The summed E-state index contributed by atoms with van der Waals surface area (Å²) in [5, 5.41) is 26.7. The van der Waals surface area contributed by atoms with Gasteiger partial charge in [0.25, 0.3) is 0 Å². The fourth-order valence-corrected chi connectivity index (χ4v) is 23.7. The number of hydrogen-bond acceptors (Lipinski definition) is 1. The van der Waals surface area contributed by atoms with Crippen LogP contribution < -0.4 is 63.7 Å². The van der Waals surface area contributed by atoms with Crippen LogP contribution in [0.1, 0.15) is 20.8 Å². The van der Waals surface area contributed by atoms with Gasteiger partial charge in [-0.25, -0.2) is 0 Å². The first-order valence-electron chi connectivity index (χ1n) is 35.0. The Morgan fingerprint density at radius 3 is 0.486 bits per heavy atom. The van der Waals surface area contributed by atoms with E-state index in [9.17, 15) is 0 Å². The molecule has 0 amide bonds. The maximum Gasteiger partial charge on any atom is -0.000884 e. The van der Waals surface area contributed by atoms with Crippen molar-refractivity contribution in [1.29, 1.82) is 0 Å². The predicted molar refractivity (Wildman–Crippen MR) is 465 cm³/mol. The Morgan fingerprint density at radius 1 is 0.200 bits per heavy atom. The van der Waals surface area contributed by atoms with Crippen molar-refractivity contribution in [1.82, 2.24) is 4.90 Å². The minimum atomic E-state index is -0.852. The monoisotopic (exact) mass is 1690 g/mol. The molecule has 0 aliphatic rings. The standard InChI is InChI=1S/2C44H32P2.C6H15N.4ClH.2Ru/c2*1-5-19-35(20-6-1)45(36-21-7-2-8-22-36)41-31-29-33-17-13-15-27-39(33)43(41)44-40-28-16-14-18-34(40)30-32-42(44)46(37-23-9-3-10-24-37)38-25-11-4-12-26-38;1-4-7(5-2)6-3;;;;;;/h2*1-32H;4-6H2,1-3H3;4*1H;;/q;;;;;;;2*+2/p-4. The third kappa shape index (κ3) is 18.8. The van der Waals surface area contributed by atoms with Gasteiger partial charge in [0, 0.05) is 0 Å². The molecule has 0 fully saturated rings. The minimum Gasteiger partial charge on any atom is -0.0622 e. The molecule has 16 aromatic carbocycles. The summed E-state index contributed by atoms with van der Waals surface area (Å²) < 4.78 is 0. The molecule has 0 radical (unpaired) electrons. The van der Waals surface area contributed by atoms with Crippen LogP contribution in [-0.4, -0.2) is 24.5 Å². The molecule has 524 valence electrons. The van der Waals surface area contributed by atoms with Crippen molar-refractivity contribution >= 4 is 177 Å². The number of hydrogen-bond donors (Lipinski definition) is 0. The van der Waals surface area contributed by atoms with E-state index in [0.717, 1.165) is 0 Å². The summed E-state index contributed by atoms with van der Waals surface area (Å²) in [6, 6.07) is 144. The molecule has 11 heteroatoms. The molecule has 0 saturated carbocycles. The maximum absolute atomic E-state index is 4.85. The quantitative estimate of drug-likeness (QED) is 0.0649. The average molecular weight is 1690 g/mol. The Labute approximate surface area is 657 Å². The number of halogens is 4. The summed E-state index contributed by atoms with van der Waals surface area (Å²) in [5.41, 5.74) is 5.40. The van der Waals surface area contributed by atoms with Crippen molar-refractivity contribution in [2.45, 2.75) is 20.8 Å². The number of nitrogens with zero attached hydrogens (tertiary/aromatic N) is 1. The molecule has 0 aliphatic heterocycles. The zero-order valence-electron chi connectivity index (χ0n) is 58.5. The van der Waals surface area contributed by atoms with Gasteiger partial charge in [-0.15, -0.1) is 0 Å². The summed E-state index contributed by atoms with van der Waals surface area (Å²) in [4.78, 5) is 2.38. The van der Waals surface area contributed by atoms with Gasteiger partial charge in [-0.2, -0.15) is 0 Å². The largest absolute Gasteiger partial charge is 0.0622 e. The average Bonchev–Trinajstić information content (AvgIpc) is 0.738. The van der Waals surface area contributed by atoms with Gasteiger partial charge in [0.2, 0.25) is 0 Å². The van der Waals surface area contributed by atoms with Crippen LogP contribution in [0.3, 0.4) is 0 Å². The van der Waals surface area contributed by atoms with Gasteiger partial charge < -0.3 is 4.90 Å². The molecule has 1 nitrogen and oxygen atoms in total. The molecule has 0 unspecified atom stereocenters. The molecule has 0 heterocycles. The normalized spacial score (nSPS) is 11.1. The zero-order chi connectivity index (χ0) is 72.5. The van der Waals surface area contributed by atoms with Crippen molar-refractivity contribution in [3.05, 3.63) is 388 Å². The van der Waals surface area contributed by atoms with Crippen molar-refractivity contribution in [2.75, 3.05) is 19.6 Å². The van der Waals surface area contributed by atoms with E-state index < -0.39 is 31.7 Å². The zero-order valence-corrected chi connectivity index (χ0v) is 68.6. The van der Waals surface area contributed by atoms with Crippen LogP contribution in [0.4, 0.5) is 0 Å². The summed E-state index contributed by atoms with van der Waals surface area (Å²) >= 11 is -0.691. The molecule has 105 heavy (non-hydrogen) atoms. The van der Waals surface area contributed by atoms with E-state index in [1.807, 2.05) is 0 Å². The van der Waals surface area contributed by atoms with Gasteiger partial charge in [0.15, 0.2) is 0 Å². The Balaban J connectivity index is 0.000000169. The second kappa shape index (κ2) is 40.0. The SMILES string of the molecule is CCN(CC)CC.[Cl][Ru][Cl].[Cl][Ru][Cl].c1ccc(P(c2ccccc2)c2ccc3ccccc3c2-c2c(P(c3ccccc3)c3ccccc3)ccc3ccccc23)cc1.c1ccc(P(c2ccccc2)c2ccc3ccccc3c2-c2c(P(c3ccccc3)c3ccccc3)ccc3ccccc23)cc1. The predicted octanol–water partition coefficient (Wildman–Crippen LogP) is 22.5. The summed E-state index contributed by atoms with van der Waals surface area (Å²) in [6.45, 7) is 10.1. The molecule has 16 aromatic rings. The summed E-state index contributed by atoms with van der Waals surface area (Å²) in [7, 11) is 16.0. The van der Waals surface area contributed by atoms with Crippen LogP contribution in [0.2, 0.25) is 0 Å². The third-order valence-corrected chi connectivity index (χ3v) is 28.5. The van der Waals surface area contributed by atoms with Crippen molar-refractivity contribution in [3.8, 4) is 22.3 Å². The van der Waals surface area contributed by atoms with Crippen LogP contribution in [0, 0.1) is 0 Å². The first-order chi connectivity index (χ1) is 51.9. The topological polar surface area (TPSA) is 3.24 Å². The van der Waals surface area contributed by atoms with Crippen LogP contribution in [0.15, 0.2) is 388 Å². The van der Waals surface area contributed by atoms with Gasteiger partial charge in [0.1, 0.15) is 0 Å². The fraction of sp³-hybridized carbons (Fsp3) is 0.0638. The van der Waals surface area contributed by atoms with E-state index in [1.54, 1.807) is 0 Å². The third-order valence-electron chi connectivity index (χ3n) is 18.5. The summed E-state index contributed by atoms with van der Waals surface area (Å²) in [5.74, 6) is 0. The van der Waals surface area contributed by atoms with Crippen molar-refractivity contribution < 1.29 is 30.3 Å². The first kappa shape index (κ1) is 77.3. The Kier molecular flexibility index (Phi) is 29.4. The van der Waals surface area contributed by atoms with E-state index in [1.165, 1.54) is 149 Å². The van der Waals surface area contributed by atoms with Crippen molar-refractivity contribution in [2.24, 2.45) is 0 Å². The van der Waals surface area contributed by atoms with E-state index >= 15 is 0 Å². The Morgan fingerprint density at radius 2 is 0.343 bits per heavy atom. The molecule has 0 atom stereocenters. The van der Waals surface area contributed by atoms with Crippen LogP contribution in [0.5, 0.6) is 0 Å². The van der Waals surface area contributed by atoms with Gasteiger partial charge in [0.05, 0.1) is 0 Å². The molecule has 0 bridgehead atoms. The molecular formula is C94H79Cl4NP4Ru2. The molecular weight excluding hydrogens is 1610 g/mol. The van der Waals surface area contributed by atoms with Gasteiger partial charge >= 0.3 is 69.1 Å². The Bertz CT molecular complexity index is 4530. The Hall–Kier alpha value is -7.35. The first-order valence-corrected chi connectivity index (χ1v) is 49.3. The van der Waals surface area contributed by atoms with E-state index in [2.05, 4.69) is 414 Å². The number of fused-ring (bicyclic) bond motifs is 4. The molecule has 0 aliphatic carbocycles. The van der Waals surface area contributed by atoms with E-state index in [0.29, 0.717) is 0 Å². The molecule has 0 N–H and O–H groups in total. The smallest absolute Gasteiger partial charge is 0.000884 e. The van der Waals surface area contributed by atoms with Crippen LogP contribution >= 0.6 is 70.5 Å². The molecule has 0 saturated heterocycles. The van der Waals surface area contributed by atoms with Crippen LogP contribution in [-0.2, 0) is 30.3 Å². The van der Waals surface area contributed by atoms with Crippen LogP contribution in [0.25, 0.3) is 65.3 Å². The minimum absolute atomic E-state index is 0.346. The van der Waals surface area contributed by atoms with E-state index in [4.69, 9.17) is 38.8 Å². The number of benzene rings is 16. The van der Waals surface area contributed by atoms with Gasteiger partial charge in [-0.1, -0.05) is 409 Å². The van der Waals surface area contributed by atoms with Crippen molar-refractivity contribution in [3.63, 3.8) is 0 Å². The number of rotatable bonds is 17. The maximum atomic E-state index is 4.85. The van der Waals surface area contributed by atoms with E-state index in [-0.39, 0.29) is 30.3 Å².